The van der Waals surface area contributed by atoms with E-state index in [9.17, 15) is 14.4 Å². The number of aromatic nitrogens is 4. The fourth-order valence-corrected chi connectivity index (χ4v) is 3.06. The number of nitrogens with zero attached hydrogens (tertiary/aromatic N) is 4. The summed E-state index contributed by atoms with van der Waals surface area (Å²) < 4.78 is 6.91. The number of nitrogens with one attached hydrogen (secondary N) is 1. The van der Waals surface area contributed by atoms with Crippen LogP contribution in [0, 0.1) is 0 Å². The second kappa shape index (κ2) is 7.95. The van der Waals surface area contributed by atoms with Crippen molar-refractivity contribution in [3.63, 3.8) is 0 Å². The van der Waals surface area contributed by atoms with Gasteiger partial charge in [0.15, 0.2) is 0 Å². The molecule has 3 N–H and O–H groups in total. The van der Waals surface area contributed by atoms with E-state index in [0.717, 1.165) is 0 Å². The lowest BCUT2D eigenvalue weighted by Crippen LogP contribution is -2.47. The van der Waals surface area contributed by atoms with Crippen LogP contribution in [0.5, 0.6) is 0 Å². The van der Waals surface area contributed by atoms with Gasteiger partial charge in [-0.1, -0.05) is 6.07 Å². The Balaban J connectivity index is 1.62. The Morgan fingerprint density at radius 3 is 2.77 bits per heavy atom. The van der Waals surface area contributed by atoms with Gasteiger partial charge < -0.3 is 15.5 Å². The van der Waals surface area contributed by atoms with E-state index in [2.05, 4.69) is 20.3 Å². The summed E-state index contributed by atoms with van der Waals surface area (Å²) in [6.07, 6.45) is 8.96. The van der Waals surface area contributed by atoms with Gasteiger partial charge in [-0.05, 0) is 18.2 Å². The van der Waals surface area contributed by atoms with Crippen LogP contribution in [0.1, 0.15) is 16.1 Å². The van der Waals surface area contributed by atoms with E-state index >= 15 is 0 Å². The van der Waals surface area contributed by atoms with Gasteiger partial charge in [-0.15, -0.1) is 0 Å². The zero-order chi connectivity index (χ0) is 21.1. The number of hydrogen-bond donors (Lipinski definition) is 2. The number of rotatable bonds is 7. The maximum atomic E-state index is 12.9. The van der Waals surface area contributed by atoms with Crippen LogP contribution >= 0.6 is 0 Å². The zero-order valence-electron chi connectivity index (χ0n) is 15.6. The van der Waals surface area contributed by atoms with E-state index in [4.69, 9.17) is 10.2 Å². The quantitative estimate of drug-likeness (QED) is 0.433. The first kappa shape index (κ1) is 19.0. The van der Waals surface area contributed by atoms with Gasteiger partial charge in [0.2, 0.25) is 5.78 Å². The molecule has 1 atom stereocenters. The summed E-state index contributed by atoms with van der Waals surface area (Å²) in [5, 5.41) is 3.25. The van der Waals surface area contributed by atoms with Crippen molar-refractivity contribution in [2.75, 3.05) is 0 Å². The molecule has 0 bridgehead atoms. The first-order valence-electron chi connectivity index (χ1n) is 8.93. The summed E-state index contributed by atoms with van der Waals surface area (Å²) in [5.41, 5.74) is 6.52. The van der Waals surface area contributed by atoms with Crippen molar-refractivity contribution in [1.82, 2.24) is 24.8 Å². The molecule has 0 aliphatic heterocycles. The monoisotopic (exact) mass is 404 g/mol. The molecule has 150 valence electrons. The number of primary amides is 1. The normalized spacial score (nSPS) is 11.9. The fourth-order valence-electron chi connectivity index (χ4n) is 3.06. The molecule has 10 nitrogen and oxygen atoms in total. The topological polar surface area (TPSA) is 146 Å². The Labute approximate surface area is 169 Å². The lowest BCUT2D eigenvalue weighted by Gasteiger charge is -2.16. The second-order valence-corrected chi connectivity index (χ2v) is 6.43. The summed E-state index contributed by atoms with van der Waals surface area (Å²) in [4.78, 5) is 49.0. The Bertz CT molecular complexity index is 1230. The van der Waals surface area contributed by atoms with E-state index in [1.165, 1.54) is 23.4 Å². The molecule has 10 heteroatoms. The molecule has 0 radical (unpaired) electrons. The van der Waals surface area contributed by atoms with E-state index in [-0.39, 0.29) is 12.1 Å². The molecule has 4 aromatic heterocycles. The first-order chi connectivity index (χ1) is 14.5. The van der Waals surface area contributed by atoms with Gasteiger partial charge in [-0.2, -0.15) is 0 Å². The second-order valence-electron chi connectivity index (χ2n) is 6.43. The highest BCUT2D eigenvalue weighted by Gasteiger charge is 2.28. The number of furan rings is 1. The molecule has 0 saturated carbocycles. The molecule has 0 fully saturated rings. The summed E-state index contributed by atoms with van der Waals surface area (Å²) in [7, 11) is 0. The van der Waals surface area contributed by atoms with Crippen LogP contribution in [0.2, 0.25) is 0 Å². The summed E-state index contributed by atoms with van der Waals surface area (Å²) in [6.45, 7) is 0. The van der Waals surface area contributed by atoms with Crippen LogP contribution in [0.15, 0.2) is 66.1 Å². The van der Waals surface area contributed by atoms with Gasteiger partial charge in [0.05, 0.1) is 12.5 Å². The van der Waals surface area contributed by atoms with Crippen molar-refractivity contribution in [3.05, 3.63) is 72.9 Å². The Morgan fingerprint density at radius 1 is 1.13 bits per heavy atom. The number of ketones is 1. The van der Waals surface area contributed by atoms with Crippen molar-refractivity contribution in [2.45, 2.75) is 12.5 Å². The van der Waals surface area contributed by atoms with Gasteiger partial charge in [0.25, 0.3) is 11.8 Å². The lowest BCUT2D eigenvalue weighted by molar-refractivity contribution is -0.137. The van der Waals surface area contributed by atoms with Gasteiger partial charge in [-0.25, -0.2) is 9.97 Å². The molecule has 0 aliphatic carbocycles. The molecular weight excluding hydrogens is 388 g/mol. The van der Waals surface area contributed by atoms with Gasteiger partial charge >= 0.3 is 0 Å². The summed E-state index contributed by atoms with van der Waals surface area (Å²) >= 11 is 0. The number of hydrogen-bond acceptors (Lipinski definition) is 7. The molecule has 4 rings (SSSR count). The average Bonchev–Trinajstić information content (AvgIpc) is 3.41. The molecular formula is C20H16N6O4. The summed E-state index contributed by atoms with van der Waals surface area (Å²) in [6, 6.07) is 5.69. The number of nitrogens with two attached hydrogens (primary N) is 1. The summed E-state index contributed by atoms with van der Waals surface area (Å²) in [5.74, 6) is -2.21. The van der Waals surface area contributed by atoms with Gasteiger partial charge in [0.1, 0.15) is 29.5 Å². The third kappa shape index (κ3) is 3.65. The molecule has 0 spiro atoms. The fraction of sp³-hybridized carbons (Fsp3) is 0.100. The molecule has 30 heavy (non-hydrogen) atoms. The highest BCUT2D eigenvalue weighted by atomic mass is 16.3. The number of imidazole rings is 1. The number of Topliss-reactive ketones (excluding diaryl/α,β-unsaturated/α-hetero) is 1. The predicted molar refractivity (Wildman–Crippen MR) is 105 cm³/mol. The van der Waals surface area contributed by atoms with E-state index < -0.39 is 23.6 Å². The smallest absolute Gasteiger partial charge is 0.287 e. The standard InChI is InChI=1S/C20H16N6O4/c21-19(28)18(27)14(7-12-10-30-16-4-6-22-8-13(12)16)25-20(29)15-9-23-11-26(15)17-3-1-2-5-24-17/h1-6,8-11,14H,7H2,(H2,21,28)(H,25,29). The average molecular weight is 404 g/mol. The molecule has 2 amide bonds. The predicted octanol–water partition coefficient (Wildman–Crippen LogP) is 0.804. The third-order valence-corrected chi connectivity index (χ3v) is 4.51. The van der Waals surface area contributed by atoms with E-state index in [1.807, 2.05) is 0 Å². The number of carbonyl (C=O) groups excluding carboxylic acids is 3. The molecule has 0 saturated heterocycles. The van der Waals surface area contributed by atoms with Crippen LogP contribution in [0.4, 0.5) is 0 Å². The minimum Gasteiger partial charge on any atom is -0.464 e. The van der Waals surface area contributed by atoms with E-state index in [1.54, 1.807) is 42.9 Å². The highest BCUT2D eigenvalue weighted by molar-refractivity contribution is 6.38. The van der Waals surface area contributed by atoms with Crippen molar-refractivity contribution in [2.24, 2.45) is 5.73 Å². The molecule has 1 unspecified atom stereocenters. The van der Waals surface area contributed by atoms with Crippen molar-refractivity contribution in [3.8, 4) is 5.82 Å². The van der Waals surface area contributed by atoms with Crippen LogP contribution < -0.4 is 11.1 Å². The van der Waals surface area contributed by atoms with Crippen LogP contribution in [0.25, 0.3) is 16.8 Å². The maximum Gasteiger partial charge on any atom is 0.287 e. The van der Waals surface area contributed by atoms with Crippen molar-refractivity contribution >= 4 is 28.6 Å². The minimum atomic E-state index is -1.19. The van der Waals surface area contributed by atoms with Crippen molar-refractivity contribution in [1.29, 1.82) is 0 Å². The minimum absolute atomic E-state index is 0.00390. The molecule has 4 heterocycles. The zero-order valence-corrected chi connectivity index (χ0v) is 15.6. The SMILES string of the molecule is NC(=O)C(=O)C(Cc1coc2ccncc12)NC(=O)c1cncn1-c1ccccn1. The van der Waals surface area contributed by atoms with Crippen LogP contribution in [-0.4, -0.2) is 43.2 Å². The van der Waals surface area contributed by atoms with Gasteiger partial charge in [-0.3, -0.25) is 23.9 Å². The number of pyridine rings is 2. The highest BCUT2D eigenvalue weighted by Crippen LogP contribution is 2.21. The molecule has 0 aliphatic rings. The number of amides is 2. The lowest BCUT2D eigenvalue weighted by atomic mass is 10.0. The number of fused-ring (bicyclic) bond motifs is 1. The third-order valence-electron chi connectivity index (χ3n) is 4.51. The molecule has 4 aromatic rings. The van der Waals surface area contributed by atoms with Crippen LogP contribution in [-0.2, 0) is 16.0 Å². The molecule has 0 aromatic carbocycles. The Morgan fingerprint density at radius 2 is 2.00 bits per heavy atom. The van der Waals surface area contributed by atoms with Gasteiger partial charge in [0, 0.05) is 36.0 Å². The Kier molecular flexibility index (Phi) is 5.04. The first-order valence-corrected chi connectivity index (χ1v) is 8.93. The largest absolute Gasteiger partial charge is 0.464 e. The van der Waals surface area contributed by atoms with Crippen molar-refractivity contribution < 1.29 is 18.8 Å². The Hall–Kier alpha value is -4.34. The van der Waals surface area contributed by atoms with Crippen LogP contribution in [0.3, 0.4) is 0 Å². The van der Waals surface area contributed by atoms with E-state index in [0.29, 0.717) is 22.4 Å². The maximum absolute atomic E-state index is 12.9. The number of carbonyl (C=O) groups is 3.